The molecule has 1 heterocycles. The summed E-state index contributed by atoms with van der Waals surface area (Å²) in [7, 11) is 1.68. The molecule has 1 saturated heterocycles. The molecule has 2 fully saturated rings. The zero-order chi connectivity index (χ0) is 24.8. The van der Waals surface area contributed by atoms with Gasteiger partial charge < -0.3 is 9.64 Å². The summed E-state index contributed by atoms with van der Waals surface area (Å²) in [5, 5.41) is 11.9. The molecule has 2 aromatic carbocycles. The molecule has 2 aliphatic rings. The predicted molar refractivity (Wildman–Crippen MR) is 138 cm³/mol. The number of carbonyl (C=O) groups excluding carboxylic acids is 1. The highest BCUT2D eigenvalue weighted by Gasteiger charge is 2.38. The van der Waals surface area contributed by atoms with Crippen molar-refractivity contribution in [2.24, 2.45) is 5.92 Å². The summed E-state index contributed by atoms with van der Waals surface area (Å²) in [5.74, 6) is 0.799. The summed E-state index contributed by atoms with van der Waals surface area (Å²) in [6.45, 7) is 5.16. The van der Waals surface area contributed by atoms with Crippen molar-refractivity contribution in [3.63, 3.8) is 0 Å². The van der Waals surface area contributed by atoms with Crippen LogP contribution in [0.4, 0.5) is 17.1 Å². The fraction of sp³-hybridized carbons (Fsp3) is 0.519. The average molecular weight is 481 g/mol. The highest BCUT2D eigenvalue weighted by atomic mass is 16.6. The number of ether oxygens (including phenoxy) is 1. The SMILES string of the molecule is CCC(N1CCN(c2ccccc2OC)CC1)N(C(=O)C1CCCCC1)c1ccccc1[N+](=O)[O-]. The highest BCUT2D eigenvalue weighted by molar-refractivity contribution is 5.97. The van der Waals surface area contributed by atoms with E-state index < -0.39 is 0 Å². The second-order valence-electron chi connectivity index (χ2n) is 9.37. The van der Waals surface area contributed by atoms with Crippen LogP contribution < -0.4 is 14.5 Å². The van der Waals surface area contributed by atoms with E-state index in [-0.39, 0.29) is 28.6 Å². The van der Waals surface area contributed by atoms with Gasteiger partial charge in [-0.05, 0) is 37.5 Å². The molecule has 8 heteroatoms. The van der Waals surface area contributed by atoms with Crippen molar-refractivity contribution in [3.05, 3.63) is 58.6 Å². The third kappa shape index (κ3) is 5.42. The number of rotatable bonds is 8. The van der Waals surface area contributed by atoms with Gasteiger partial charge >= 0.3 is 0 Å². The minimum Gasteiger partial charge on any atom is -0.495 e. The largest absolute Gasteiger partial charge is 0.495 e. The Morgan fingerprint density at radius 3 is 2.37 bits per heavy atom. The first-order chi connectivity index (χ1) is 17.0. The molecule has 0 N–H and O–H groups in total. The molecule has 1 aliphatic carbocycles. The summed E-state index contributed by atoms with van der Waals surface area (Å²) in [6.07, 6.45) is 5.40. The highest BCUT2D eigenvalue weighted by Crippen LogP contribution is 2.36. The van der Waals surface area contributed by atoms with Crippen molar-refractivity contribution < 1.29 is 14.5 Å². The van der Waals surface area contributed by atoms with Gasteiger partial charge in [-0.25, -0.2) is 0 Å². The first-order valence-electron chi connectivity index (χ1n) is 12.7. The number of hydrogen-bond acceptors (Lipinski definition) is 6. The zero-order valence-corrected chi connectivity index (χ0v) is 20.8. The second kappa shape index (κ2) is 11.5. The standard InChI is InChI=1S/C27H36N4O4/c1-3-26(29-19-17-28(18-20-29)24-15-9-10-16-25(24)35-2)30(27(32)21-11-5-4-6-12-21)22-13-7-8-14-23(22)31(33)34/h7-10,13-16,21,26H,3-6,11-12,17-20H2,1-2H3. The molecule has 188 valence electrons. The summed E-state index contributed by atoms with van der Waals surface area (Å²) < 4.78 is 5.55. The number of hydrogen-bond donors (Lipinski definition) is 0. The summed E-state index contributed by atoms with van der Waals surface area (Å²) in [5.41, 5.74) is 1.46. The lowest BCUT2D eigenvalue weighted by Crippen LogP contribution is -2.58. The Labute approximate surface area is 207 Å². The fourth-order valence-corrected chi connectivity index (χ4v) is 5.55. The van der Waals surface area contributed by atoms with Crippen LogP contribution in [0.15, 0.2) is 48.5 Å². The van der Waals surface area contributed by atoms with Crippen molar-refractivity contribution >= 4 is 23.0 Å². The number of nitro groups is 1. The Morgan fingerprint density at radius 1 is 1.06 bits per heavy atom. The molecule has 1 unspecified atom stereocenters. The number of piperazine rings is 1. The van der Waals surface area contributed by atoms with Gasteiger partial charge in [-0.2, -0.15) is 0 Å². The van der Waals surface area contributed by atoms with Gasteiger partial charge in [-0.15, -0.1) is 0 Å². The molecular formula is C27H36N4O4. The molecule has 1 amide bonds. The first-order valence-corrected chi connectivity index (χ1v) is 12.7. The third-order valence-electron chi connectivity index (χ3n) is 7.35. The van der Waals surface area contributed by atoms with E-state index in [1.165, 1.54) is 6.07 Å². The molecular weight excluding hydrogens is 444 g/mol. The Hall–Kier alpha value is -3.13. The van der Waals surface area contributed by atoms with E-state index in [9.17, 15) is 14.9 Å². The van der Waals surface area contributed by atoms with E-state index in [0.717, 1.165) is 69.7 Å². The lowest BCUT2D eigenvalue weighted by molar-refractivity contribution is -0.384. The van der Waals surface area contributed by atoms with Crippen molar-refractivity contribution in [2.45, 2.75) is 51.6 Å². The van der Waals surface area contributed by atoms with Crippen LogP contribution in [0.25, 0.3) is 0 Å². The zero-order valence-electron chi connectivity index (χ0n) is 20.8. The Morgan fingerprint density at radius 2 is 1.71 bits per heavy atom. The van der Waals surface area contributed by atoms with Gasteiger partial charge in [0.2, 0.25) is 5.91 Å². The maximum absolute atomic E-state index is 13.9. The van der Waals surface area contributed by atoms with Gasteiger partial charge in [0.05, 0.1) is 23.9 Å². The van der Waals surface area contributed by atoms with Crippen molar-refractivity contribution in [2.75, 3.05) is 43.1 Å². The molecule has 0 bridgehead atoms. The average Bonchev–Trinajstić information content (AvgIpc) is 2.92. The van der Waals surface area contributed by atoms with Crippen LogP contribution in [0.5, 0.6) is 5.75 Å². The topological polar surface area (TPSA) is 79.2 Å². The summed E-state index contributed by atoms with van der Waals surface area (Å²) in [4.78, 5) is 31.8. The van der Waals surface area contributed by atoms with E-state index in [1.54, 1.807) is 30.2 Å². The van der Waals surface area contributed by atoms with Gasteiger partial charge in [0.15, 0.2) is 0 Å². The molecule has 35 heavy (non-hydrogen) atoms. The van der Waals surface area contributed by atoms with Gasteiger partial charge in [0.25, 0.3) is 5.69 Å². The van der Waals surface area contributed by atoms with E-state index in [0.29, 0.717) is 12.1 Å². The van der Waals surface area contributed by atoms with Crippen LogP contribution in [0, 0.1) is 16.0 Å². The fourth-order valence-electron chi connectivity index (χ4n) is 5.55. The van der Waals surface area contributed by atoms with Crippen LogP contribution in [0.2, 0.25) is 0 Å². The monoisotopic (exact) mass is 480 g/mol. The maximum atomic E-state index is 13.9. The van der Waals surface area contributed by atoms with Crippen LogP contribution in [0.3, 0.4) is 0 Å². The smallest absolute Gasteiger partial charge is 0.293 e. The molecule has 0 spiro atoms. The summed E-state index contributed by atoms with van der Waals surface area (Å²) >= 11 is 0. The summed E-state index contributed by atoms with van der Waals surface area (Å²) in [6, 6.07) is 14.7. The first kappa shape index (κ1) is 25.0. The number of nitro benzene ring substituents is 1. The van der Waals surface area contributed by atoms with E-state index in [1.807, 2.05) is 18.2 Å². The molecule has 1 saturated carbocycles. The quantitative estimate of drug-likeness (QED) is 0.387. The normalized spacial score (nSPS) is 18.2. The van der Waals surface area contributed by atoms with Crippen molar-refractivity contribution in [1.29, 1.82) is 0 Å². The van der Waals surface area contributed by atoms with Crippen LogP contribution in [-0.4, -0.2) is 55.2 Å². The lowest BCUT2D eigenvalue weighted by Gasteiger charge is -2.45. The number of methoxy groups -OCH3 is 1. The van der Waals surface area contributed by atoms with Crippen molar-refractivity contribution in [3.8, 4) is 5.75 Å². The number of para-hydroxylation sites is 4. The molecule has 2 aromatic rings. The lowest BCUT2D eigenvalue weighted by atomic mass is 9.88. The minimum absolute atomic E-state index is 0.0113. The molecule has 1 atom stereocenters. The Bertz CT molecular complexity index is 1020. The van der Waals surface area contributed by atoms with Crippen LogP contribution >= 0.6 is 0 Å². The molecule has 1 aliphatic heterocycles. The number of benzene rings is 2. The maximum Gasteiger partial charge on any atom is 0.293 e. The number of carbonyl (C=O) groups is 1. The number of nitrogens with zero attached hydrogens (tertiary/aromatic N) is 4. The molecule has 0 aromatic heterocycles. The Kier molecular flexibility index (Phi) is 8.23. The van der Waals surface area contributed by atoms with Gasteiger partial charge in [0.1, 0.15) is 11.4 Å². The van der Waals surface area contributed by atoms with E-state index >= 15 is 0 Å². The third-order valence-corrected chi connectivity index (χ3v) is 7.35. The van der Waals surface area contributed by atoms with Gasteiger partial charge in [-0.3, -0.25) is 24.7 Å². The van der Waals surface area contributed by atoms with Crippen molar-refractivity contribution in [1.82, 2.24) is 4.90 Å². The van der Waals surface area contributed by atoms with E-state index in [2.05, 4.69) is 22.8 Å². The van der Waals surface area contributed by atoms with Gasteiger partial charge in [-0.1, -0.05) is 50.5 Å². The Balaban J connectivity index is 1.61. The number of anilines is 2. The second-order valence-corrected chi connectivity index (χ2v) is 9.37. The molecule has 0 radical (unpaired) electrons. The minimum atomic E-state index is -0.372. The number of amides is 1. The van der Waals surface area contributed by atoms with Gasteiger partial charge in [0, 0.05) is 38.2 Å². The van der Waals surface area contributed by atoms with E-state index in [4.69, 9.17) is 4.74 Å². The molecule has 8 nitrogen and oxygen atoms in total. The van der Waals surface area contributed by atoms with Crippen LogP contribution in [0.1, 0.15) is 45.4 Å². The molecule has 4 rings (SSSR count). The van der Waals surface area contributed by atoms with Crippen LogP contribution in [-0.2, 0) is 4.79 Å². The predicted octanol–water partition coefficient (Wildman–Crippen LogP) is 5.08.